The highest BCUT2D eigenvalue weighted by Gasteiger charge is 2.33. The molecule has 4 heteroatoms. The Morgan fingerprint density at radius 2 is 2.00 bits per heavy atom. The molecule has 0 aromatic heterocycles. The standard InChI is InChI=1S/C12H22N2O2/c1-9(10-7-13-8-10)12(15)14(2)11-3-5-16-6-4-11/h9-11,13H,3-8H2,1-2H3. The largest absolute Gasteiger partial charge is 0.381 e. The van der Waals surface area contributed by atoms with Crippen LogP contribution in [0.25, 0.3) is 0 Å². The molecule has 2 saturated heterocycles. The molecule has 1 unspecified atom stereocenters. The fourth-order valence-corrected chi connectivity index (χ4v) is 2.44. The second kappa shape index (κ2) is 5.15. The van der Waals surface area contributed by atoms with Crippen LogP contribution in [0.2, 0.25) is 0 Å². The minimum Gasteiger partial charge on any atom is -0.381 e. The smallest absolute Gasteiger partial charge is 0.225 e. The summed E-state index contributed by atoms with van der Waals surface area (Å²) in [5.74, 6) is 1.00. The minimum atomic E-state index is 0.161. The normalized spacial score (nSPS) is 24.9. The summed E-state index contributed by atoms with van der Waals surface area (Å²) in [6, 6.07) is 0.386. The zero-order valence-corrected chi connectivity index (χ0v) is 10.2. The Morgan fingerprint density at radius 1 is 1.38 bits per heavy atom. The van der Waals surface area contributed by atoms with E-state index in [2.05, 4.69) is 12.2 Å². The average molecular weight is 226 g/mol. The fraction of sp³-hybridized carbons (Fsp3) is 0.917. The van der Waals surface area contributed by atoms with Crippen molar-refractivity contribution in [3.8, 4) is 0 Å². The molecule has 2 fully saturated rings. The van der Waals surface area contributed by atoms with E-state index >= 15 is 0 Å². The molecule has 4 nitrogen and oxygen atoms in total. The molecule has 0 bridgehead atoms. The molecule has 2 aliphatic rings. The van der Waals surface area contributed by atoms with E-state index in [0.29, 0.717) is 17.9 Å². The van der Waals surface area contributed by atoms with E-state index < -0.39 is 0 Å². The molecule has 0 spiro atoms. The second-order valence-corrected chi connectivity index (χ2v) is 5.00. The Morgan fingerprint density at radius 3 is 2.50 bits per heavy atom. The van der Waals surface area contributed by atoms with Gasteiger partial charge in [-0.05, 0) is 31.8 Å². The van der Waals surface area contributed by atoms with Gasteiger partial charge in [-0.25, -0.2) is 0 Å². The van der Waals surface area contributed by atoms with Crippen LogP contribution in [0.4, 0.5) is 0 Å². The van der Waals surface area contributed by atoms with E-state index in [1.165, 1.54) is 0 Å². The third-order valence-electron chi connectivity index (χ3n) is 4.00. The molecule has 1 atom stereocenters. The van der Waals surface area contributed by atoms with Gasteiger partial charge in [0.1, 0.15) is 0 Å². The molecule has 92 valence electrons. The summed E-state index contributed by atoms with van der Waals surface area (Å²) in [4.78, 5) is 14.2. The van der Waals surface area contributed by atoms with Gasteiger partial charge < -0.3 is 15.0 Å². The van der Waals surface area contributed by atoms with Crippen LogP contribution in [0.15, 0.2) is 0 Å². The highest BCUT2D eigenvalue weighted by Crippen LogP contribution is 2.21. The quantitative estimate of drug-likeness (QED) is 0.761. The Labute approximate surface area is 97.3 Å². The van der Waals surface area contributed by atoms with Crippen LogP contribution in [-0.4, -0.2) is 50.2 Å². The summed E-state index contributed by atoms with van der Waals surface area (Å²) >= 11 is 0. The Hall–Kier alpha value is -0.610. The van der Waals surface area contributed by atoms with Crippen molar-refractivity contribution >= 4 is 5.91 Å². The number of nitrogens with one attached hydrogen (secondary N) is 1. The van der Waals surface area contributed by atoms with Gasteiger partial charge in [-0.1, -0.05) is 6.92 Å². The Kier molecular flexibility index (Phi) is 3.82. The molecule has 1 N–H and O–H groups in total. The lowest BCUT2D eigenvalue weighted by atomic mass is 9.87. The van der Waals surface area contributed by atoms with Gasteiger partial charge >= 0.3 is 0 Å². The lowest BCUT2D eigenvalue weighted by Crippen LogP contribution is -2.51. The lowest BCUT2D eigenvalue weighted by molar-refractivity contribution is -0.139. The summed E-state index contributed by atoms with van der Waals surface area (Å²) in [5.41, 5.74) is 0. The van der Waals surface area contributed by atoms with Gasteiger partial charge in [-0.15, -0.1) is 0 Å². The van der Waals surface area contributed by atoms with Crippen molar-refractivity contribution in [2.24, 2.45) is 11.8 Å². The van der Waals surface area contributed by atoms with Crippen LogP contribution >= 0.6 is 0 Å². The molecule has 2 rings (SSSR count). The maximum atomic E-state index is 12.2. The molecule has 0 aliphatic carbocycles. The zero-order chi connectivity index (χ0) is 11.5. The van der Waals surface area contributed by atoms with Gasteiger partial charge in [-0.2, -0.15) is 0 Å². The van der Waals surface area contributed by atoms with Gasteiger partial charge in [-0.3, -0.25) is 4.79 Å². The molecule has 0 radical (unpaired) electrons. The molecule has 0 saturated carbocycles. The first-order chi connectivity index (χ1) is 7.70. The molecule has 2 aliphatic heterocycles. The minimum absolute atomic E-state index is 0.161. The first-order valence-corrected chi connectivity index (χ1v) is 6.25. The predicted octanol–water partition coefficient (Wildman–Crippen LogP) is 0.479. The lowest BCUT2D eigenvalue weighted by Gasteiger charge is -2.37. The van der Waals surface area contributed by atoms with Gasteiger partial charge in [0.15, 0.2) is 0 Å². The Balaban J connectivity index is 1.86. The maximum absolute atomic E-state index is 12.2. The van der Waals surface area contributed by atoms with Crippen molar-refractivity contribution < 1.29 is 9.53 Å². The number of carbonyl (C=O) groups is 1. The van der Waals surface area contributed by atoms with Crippen molar-refractivity contribution in [3.05, 3.63) is 0 Å². The third-order valence-corrected chi connectivity index (χ3v) is 4.00. The molecule has 0 aromatic carbocycles. The Bertz CT molecular complexity index is 247. The number of nitrogens with zero attached hydrogens (tertiary/aromatic N) is 1. The summed E-state index contributed by atoms with van der Waals surface area (Å²) < 4.78 is 5.32. The summed E-state index contributed by atoms with van der Waals surface area (Å²) in [6.07, 6.45) is 1.97. The van der Waals surface area contributed by atoms with Crippen LogP contribution in [-0.2, 0) is 9.53 Å². The second-order valence-electron chi connectivity index (χ2n) is 5.00. The molecule has 16 heavy (non-hydrogen) atoms. The van der Waals surface area contributed by atoms with E-state index in [1.807, 2.05) is 11.9 Å². The first kappa shape index (κ1) is 11.9. The van der Waals surface area contributed by atoms with Gasteiger partial charge in [0, 0.05) is 32.2 Å². The van der Waals surface area contributed by atoms with Gasteiger partial charge in [0.05, 0.1) is 0 Å². The van der Waals surface area contributed by atoms with E-state index in [0.717, 1.165) is 39.1 Å². The van der Waals surface area contributed by atoms with Crippen molar-refractivity contribution in [3.63, 3.8) is 0 Å². The topological polar surface area (TPSA) is 41.6 Å². The van der Waals surface area contributed by atoms with Crippen LogP contribution in [0.1, 0.15) is 19.8 Å². The summed E-state index contributed by atoms with van der Waals surface area (Å²) in [7, 11) is 1.95. The van der Waals surface area contributed by atoms with E-state index in [-0.39, 0.29) is 5.92 Å². The van der Waals surface area contributed by atoms with Crippen LogP contribution in [0.5, 0.6) is 0 Å². The van der Waals surface area contributed by atoms with Gasteiger partial charge in [0.2, 0.25) is 5.91 Å². The zero-order valence-electron chi connectivity index (χ0n) is 10.2. The van der Waals surface area contributed by atoms with Gasteiger partial charge in [0.25, 0.3) is 0 Å². The summed E-state index contributed by atoms with van der Waals surface area (Å²) in [6.45, 7) is 5.63. The number of rotatable bonds is 3. The third kappa shape index (κ3) is 2.38. The fourth-order valence-electron chi connectivity index (χ4n) is 2.44. The average Bonchev–Trinajstić information content (AvgIpc) is 2.26. The van der Waals surface area contributed by atoms with Crippen molar-refractivity contribution in [1.82, 2.24) is 10.2 Å². The van der Waals surface area contributed by atoms with Crippen molar-refractivity contribution in [1.29, 1.82) is 0 Å². The predicted molar refractivity (Wildman–Crippen MR) is 62.1 cm³/mol. The van der Waals surface area contributed by atoms with Crippen LogP contribution in [0, 0.1) is 11.8 Å². The molecule has 1 amide bonds. The molecule has 0 aromatic rings. The highest BCUT2D eigenvalue weighted by molar-refractivity contribution is 5.79. The summed E-state index contributed by atoms with van der Waals surface area (Å²) in [5, 5.41) is 3.22. The van der Waals surface area contributed by atoms with Crippen molar-refractivity contribution in [2.45, 2.75) is 25.8 Å². The van der Waals surface area contributed by atoms with E-state index in [9.17, 15) is 4.79 Å². The number of hydrogen-bond donors (Lipinski definition) is 1. The monoisotopic (exact) mass is 226 g/mol. The van der Waals surface area contributed by atoms with E-state index in [1.54, 1.807) is 0 Å². The molecular weight excluding hydrogens is 204 g/mol. The molecule has 2 heterocycles. The highest BCUT2D eigenvalue weighted by atomic mass is 16.5. The van der Waals surface area contributed by atoms with Crippen LogP contribution < -0.4 is 5.32 Å². The van der Waals surface area contributed by atoms with E-state index in [4.69, 9.17) is 4.74 Å². The number of carbonyl (C=O) groups excluding carboxylic acids is 1. The first-order valence-electron chi connectivity index (χ1n) is 6.25. The SMILES string of the molecule is CC(C(=O)N(C)C1CCOCC1)C1CNC1. The maximum Gasteiger partial charge on any atom is 0.225 e. The molecular formula is C12H22N2O2. The van der Waals surface area contributed by atoms with Crippen molar-refractivity contribution in [2.75, 3.05) is 33.4 Å². The number of ether oxygens (including phenoxy) is 1. The number of hydrogen-bond acceptors (Lipinski definition) is 3. The van der Waals surface area contributed by atoms with Crippen LogP contribution in [0.3, 0.4) is 0 Å². The number of amides is 1.